The maximum atomic E-state index is 14.5. The SMILES string of the molecule is CCOC(=O)c1ccc(N2N=C(C)C3(Cc4cc(C(F)(F)F)ccc4N4CCN(Cc5ccccc5)CC43)C2=O)cc1. The van der Waals surface area contributed by atoms with Gasteiger partial charge >= 0.3 is 12.1 Å². The summed E-state index contributed by atoms with van der Waals surface area (Å²) in [5, 5.41) is 6.02. The molecule has 0 bridgehead atoms. The summed E-state index contributed by atoms with van der Waals surface area (Å²) in [7, 11) is 0. The number of carbonyl (C=O) groups is 2. The van der Waals surface area contributed by atoms with Crippen LogP contribution in [0.4, 0.5) is 24.5 Å². The molecule has 42 heavy (non-hydrogen) atoms. The van der Waals surface area contributed by atoms with E-state index in [2.05, 4.69) is 27.0 Å². The number of rotatable bonds is 5. The Morgan fingerprint density at radius 1 is 1.05 bits per heavy atom. The summed E-state index contributed by atoms with van der Waals surface area (Å²) in [6.07, 6.45) is -4.39. The molecule has 1 amide bonds. The van der Waals surface area contributed by atoms with Crippen molar-refractivity contribution in [2.45, 2.75) is 39.0 Å². The van der Waals surface area contributed by atoms with Gasteiger partial charge in [0, 0.05) is 31.9 Å². The van der Waals surface area contributed by atoms with Crippen LogP contribution in [-0.2, 0) is 28.7 Å². The summed E-state index contributed by atoms with van der Waals surface area (Å²) in [6.45, 7) is 6.26. The van der Waals surface area contributed by atoms with Gasteiger partial charge in [0.25, 0.3) is 5.91 Å². The van der Waals surface area contributed by atoms with Gasteiger partial charge < -0.3 is 9.64 Å². The van der Waals surface area contributed by atoms with E-state index in [-0.39, 0.29) is 25.0 Å². The minimum Gasteiger partial charge on any atom is -0.462 e. The maximum absolute atomic E-state index is 14.5. The molecule has 7 nitrogen and oxygen atoms in total. The molecule has 3 aliphatic heterocycles. The lowest BCUT2D eigenvalue weighted by atomic mass is 9.67. The van der Waals surface area contributed by atoms with E-state index in [1.807, 2.05) is 18.2 Å². The molecule has 2 unspecified atom stereocenters. The van der Waals surface area contributed by atoms with E-state index in [9.17, 15) is 22.8 Å². The van der Waals surface area contributed by atoms with Gasteiger partial charge in [-0.3, -0.25) is 9.69 Å². The molecule has 1 spiro atoms. The fourth-order valence-electron chi connectivity index (χ4n) is 6.48. The molecule has 10 heteroatoms. The Hall–Kier alpha value is -4.18. The Bertz CT molecular complexity index is 1540. The molecule has 1 fully saturated rings. The van der Waals surface area contributed by atoms with Crippen molar-refractivity contribution < 1.29 is 27.5 Å². The number of halogens is 3. The Balaban J connectivity index is 1.38. The van der Waals surface area contributed by atoms with Gasteiger partial charge in [-0.15, -0.1) is 0 Å². The number of hydrogen-bond donors (Lipinski definition) is 0. The van der Waals surface area contributed by atoms with Crippen LogP contribution in [0, 0.1) is 5.41 Å². The number of fused-ring (bicyclic) bond motifs is 4. The highest BCUT2D eigenvalue weighted by Gasteiger charge is 2.60. The Morgan fingerprint density at radius 3 is 2.48 bits per heavy atom. The molecule has 3 aromatic rings. The molecule has 0 radical (unpaired) electrons. The van der Waals surface area contributed by atoms with Crippen molar-refractivity contribution in [2.24, 2.45) is 10.5 Å². The summed E-state index contributed by atoms with van der Waals surface area (Å²) in [6, 6.07) is 20.0. The molecule has 3 aliphatic rings. The Labute approximate surface area is 242 Å². The third kappa shape index (κ3) is 4.73. The lowest BCUT2D eigenvalue weighted by molar-refractivity contribution is -0.137. The topological polar surface area (TPSA) is 65.5 Å². The molecule has 3 heterocycles. The third-order valence-corrected chi connectivity index (χ3v) is 8.56. The predicted octanol–water partition coefficient (Wildman–Crippen LogP) is 5.54. The summed E-state index contributed by atoms with van der Waals surface area (Å²) in [5.41, 5.74) is 1.86. The van der Waals surface area contributed by atoms with Gasteiger partial charge in [-0.1, -0.05) is 30.3 Å². The molecule has 0 saturated carbocycles. The first-order valence-corrected chi connectivity index (χ1v) is 14.0. The fourth-order valence-corrected chi connectivity index (χ4v) is 6.48. The average molecular weight is 577 g/mol. The van der Waals surface area contributed by atoms with Crippen LogP contribution in [0.25, 0.3) is 0 Å². The second-order valence-electron chi connectivity index (χ2n) is 11.0. The highest BCUT2D eigenvalue weighted by atomic mass is 19.4. The van der Waals surface area contributed by atoms with E-state index >= 15 is 0 Å². The number of piperazine rings is 1. The third-order valence-electron chi connectivity index (χ3n) is 8.56. The van der Waals surface area contributed by atoms with Crippen LogP contribution in [-0.4, -0.2) is 54.8 Å². The van der Waals surface area contributed by atoms with Gasteiger partial charge in [0.2, 0.25) is 0 Å². The lowest BCUT2D eigenvalue weighted by Gasteiger charge is -2.53. The summed E-state index contributed by atoms with van der Waals surface area (Å²) in [5.74, 6) is -0.753. The van der Waals surface area contributed by atoms with Crippen LogP contribution < -0.4 is 9.91 Å². The summed E-state index contributed by atoms with van der Waals surface area (Å²) in [4.78, 5) is 31.0. The second-order valence-corrected chi connectivity index (χ2v) is 11.0. The largest absolute Gasteiger partial charge is 0.462 e. The van der Waals surface area contributed by atoms with E-state index in [4.69, 9.17) is 4.74 Å². The first-order chi connectivity index (χ1) is 20.1. The van der Waals surface area contributed by atoms with E-state index in [0.717, 1.165) is 17.3 Å². The molecule has 3 aromatic carbocycles. The fraction of sp³-hybridized carbons (Fsp3) is 0.344. The number of esters is 1. The average Bonchev–Trinajstić information content (AvgIpc) is 3.22. The minimum absolute atomic E-state index is 0.109. The molecule has 218 valence electrons. The van der Waals surface area contributed by atoms with Crippen LogP contribution in [0.1, 0.15) is 40.9 Å². The number of alkyl halides is 3. The molecule has 0 aromatic heterocycles. The first-order valence-electron chi connectivity index (χ1n) is 14.0. The number of carbonyl (C=O) groups excluding carboxylic acids is 2. The van der Waals surface area contributed by atoms with E-state index in [0.29, 0.717) is 48.7 Å². The van der Waals surface area contributed by atoms with Crippen LogP contribution in [0.5, 0.6) is 0 Å². The predicted molar refractivity (Wildman–Crippen MR) is 153 cm³/mol. The second kappa shape index (κ2) is 10.6. The van der Waals surface area contributed by atoms with Crippen LogP contribution in [0.3, 0.4) is 0 Å². The smallest absolute Gasteiger partial charge is 0.416 e. The van der Waals surface area contributed by atoms with Crippen molar-refractivity contribution in [3.8, 4) is 0 Å². The monoisotopic (exact) mass is 576 g/mol. The number of hydrogen-bond acceptors (Lipinski definition) is 6. The highest BCUT2D eigenvalue weighted by Crippen LogP contribution is 2.49. The van der Waals surface area contributed by atoms with Crippen LogP contribution in [0.2, 0.25) is 0 Å². The quantitative estimate of drug-likeness (QED) is 0.374. The molecule has 2 atom stereocenters. The number of nitrogens with zero attached hydrogens (tertiary/aromatic N) is 4. The van der Waals surface area contributed by atoms with Crippen molar-refractivity contribution in [1.82, 2.24) is 4.90 Å². The Morgan fingerprint density at radius 2 is 1.79 bits per heavy atom. The van der Waals surface area contributed by atoms with Gasteiger partial charge in [0.1, 0.15) is 5.41 Å². The minimum atomic E-state index is -4.50. The van der Waals surface area contributed by atoms with Gasteiger partial charge in [-0.2, -0.15) is 23.3 Å². The number of hydrazone groups is 1. The zero-order valence-corrected chi connectivity index (χ0v) is 23.4. The molecular weight excluding hydrogens is 545 g/mol. The lowest BCUT2D eigenvalue weighted by Crippen LogP contribution is -2.66. The van der Waals surface area contributed by atoms with Gasteiger partial charge in [-0.25, -0.2) is 4.79 Å². The maximum Gasteiger partial charge on any atom is 0.416 e. The zero-order valence-electron chi connectivity index (χ0n) is 23.4. The van der Waals surface area contributed by atoms with Gasteiger partial charge in [0.15, 0.2) is 0 Å². The van der Waals surface area contributed by atoms with Crippen molar-refractivity contribution in [1.29, 1.82) is 0 Å². The normalized spacial score (nSPS) is 22.2. The molecule has 1 saturated heterocycles. The van der Waals surface area contributed by atoms with E-state index < -0.39 is 23.1 Å². The van der Waals surface area contributed by atoms with Crippen molar-refractivity contribution in [3.05, 3.63) is 95.1 Å². The molecular formula is C32H31F3N4O3. The summed E-state index contributed by atoms with van der Waals surface area (Å²) >= 11 is 0. The van der Waals surface area contributed by atoms with Crippen molar-refractivity contribution in [3.63, 3.8) is 0 Å². The number of amides is 1. The summed E-state index contributed by atoms with van der Waals surface area (Å²) < 4.78 is 46.3. The van der Waals surface area contributed by atoms with Crippen molar-refractivity contribution >= 4 is 29.0 Å². The van der Waals surface area contributed by atoms with Gasteiger partial charge in [-0.05, 0) is 73.9 Å². The van der Waals surface area contributed by atoms with E-state index in [1.54, 1.807) is 44.2 Å². The molecule has 6 rings (SSSR count). The van der Waals surface area contributed by atoms with Crippen molar-refractivity contribution in [2.75, 3.05) is 36.1 Å². The standard InChI is InChI=1S/C32H31F3N4O3/c1-3-42-29(40)23-9-12-26(13-10-23)39-30(41)31(21(2)36-39)18-24-17-25(32(33,34)35)11-14-27(24)38-16-15-37(20-28(31)38)19-22-7-5-4-6-8-22/h4-14,17,28H,3,15-16,18-20H2,1-2H3. The number of ether oxygens (including phenoxy) is 1. The number of anilines is 2. The zero-order chi connectivity index (χ0) is 29.6. The molecule has 0 N–H and O–H groups in total. The van der Waals surface area contributed by atoms with Crippen LogP contribution in [0.15, 0.2) is 77.9 Å². The Kier molecular flexibility index (Phi) is 7.04. The van der Waals surface area contributed by atoms with Gasteiger partial charge in [0.05, 0.1) is 35.2 Å². The molecule has 0 aliphatic carbocycles. The highest BCUT2D eigenvalue weighted by molar-refractivity contribution is 6.20. The number of benzene rings is 3. The first kappa shape index (κ1) is 28.0. The van der Waals surface area contributed by atoms with Crippen LogP contribution >= 0.6 is 0 Å². The van der Waals surface area contributed by atoms with E-state index in [1.165, 1.54) is 11.1 Å².